The molecule has 96 valence electrons. The summed E-state index contributed by atoms with van der Waals surface area (Å²) in [6, 6.07) is 5.47. The molecule has 0 saturated carbocycles. The van der Waals surface area contributed by atoms with Crippen LogP contribution in [0.2, 0.25) is 5.02 Å². The molecule has 0 radical (unpaired) electrons. The predicted molar refractivity (Wildman–Crippen MR) is 69.6 cm³/mol. The van der Waals surface area contributed by atoms with E-state index in [-0.39, 0.29) is 24.9 Å². The number of carbonyl (C=O) groups excluding carboxylic acids is 2. The third-order valence-electron chi connectivity index (χ3n) is 2.70. The number of nitrogens with zero attached hydrogens (tertiary/aromatic N) is 1. The van der Waals surface area contributed by atoms with Crippen LogP contribution in [0.4, 0.5) is 5.69 Å². The van der Waals surface area contributed by atoms with E-state index >= 15 is 0 Å². The van der Waals surface area contributed by atoms with Crippen LogP contribution in [0.3, 0.4) is 0 Å². The van der Waals surface area contributed by atoms with Crippen LogP contribution in [0, 0.1) is 0 Å². The van der Waals surface area contributed by atoms with Gasteiger partial charge in [-0.1, -0.05) is 17.7 Å². The molecular weight excluding hydrogens is 254 g/mol. The highest BCUT2D eigenvalue weighted by Gasteiger charge is 2.24. The van der Waals surface area contributed by atoms with Crippen molar-refractivity contribution in [1.82, 2.24) is 10.6 Å². The van der Waals surface area contributed by atoms with Gasteiger partial charge in [-0.3, -0.25) is 14.9 Å². The first-order valence-corrected chi connectivity index (χ1v) is 5.98. The molecule has 0 unspecified atom stereocenters. The summed E-state index contributed by atoms with van der Waals surface area (Å²) in [6.07, 6.45) is 0. The van der Waals surface area contributed by atoms with Crippen LogP contribution >= 0.6 is 11.6 Å². The lowest BCUT2D eigenvalue weighted by molar-refractivity contribution is -0.130. The molecule has 0 aromatic heterocycles. The van der Waals surface area contributed by atoms with Gasteiger partial charge in [-0.2, -0.15) is 0 Å². The number of benzene rings is 1. The Morgan fingerprint density at radius 1 is 1.33 bits per heavy atom. The monoisotopic (exact) mass is 267 g/mol. The minimum Gasteiger partial charge on any atom is -0.353 e. The summed E-state index contributed by atoms with van der Waals surface area (Å²) >= 11 is 5.98. The molecule has 2 amide bonds. The fraction of sp³-hybridized carbons (Fsp3) is 0.333. The maximum atomic E-state index is 11.4. The summed E-state index contributed by atoms with van der Waals surface area (Å²) in [7, 11) is 1.84. The molecule has 0 spiro atoms. The molecule has 6 heteroatoms. The maximum absolute atomic E-state index is 11.4. The van der Waals surface area contributed by atoms with Crippen LogP contribution in [0.1, 0.15) is 5.56 Å². The lowest BCUT2D eigenvalue weighted by Crippen LogP contribution is -2.51. The van der Waals surface area contributed by atoms with E-state index in [1.165, 1.54) is 0 Å². The van der Waals surface area contributed by atoms with E-state index in [9.17, 15) is 9.59 Å². The standard InChI is InChI=1S/C12H14ClN3O2/c1-14-5-8-2-3-9(13)4-10(8)16-6-11(17)15-12(18)7-16/h2-4,14H,5-7H2,1H3,(H,15,17,18). The predicted octanol–water partition coefficient (Wildman–Crippen LogP) is 0.522. The third kappa shape index (κ3) is 2.80. The number of rotatable bonds is 3. The van der Waals surface area contributed by atoms with Crippen molar-refractivity contribution in [2.75, 3.05) is 25.0 Å². The number of hydrogen-bond donors (Lipinski definition) is 2. The van der Waals surface area contributed by atoms with Crippen molar-refractivity contribution in [1.29, 1.82) is 0 Å². The van der Waals surface area contributed by atoms with Gasteiger partial charge in [0.25, 0.3) is 0 Å². The Kier molecular flexibility index (Phi) is 3.84. The van der Waals surface area contributed by atoms with Crippen molar-refractivity contribution in [3.8, 4) is 0 Å². The molecule has 0 atom stereocenters. The average Bonchev–Trinajstić information content (AvgIpc) is 2.30. The Labute approximate surface area is 110 Å². The minimum absolute atomic E-state index is 0.169. The third-order valence-corrected chi connectivity index (χ3v) is 2.94. The SMILES string of the molecule is CNCc1ccc(Cl)cc1N1CC(=O)NC(=O)C1. The minimum atomic E-state index is -0.290. The van der Waals surface area contributed by atoms with Crippen molar-refractivity contribution < 1.29 is 9.59 Å². The molecule has 1 fully saturated rings. The number of piperazine rings is 1. The Hall–Kier alpha value is -1.59. The van der Waals surface area contributed by atoms with Crippen LogP contribution < -0.4 is 15.5 Å². The molecular formula is C12H14ClN3O2. The summed E-state index contributed by atoms with van der Waals surface area (Å²) in [5.41, 5.74) is 1.82. The molecule has 1 aromatic carbocycles. The number of hydrogen-bond acceptors (Lipinski definition) is 4. The number of anilines is 1. The van der Waals surface area contributed by atoms with Gasteiger partial charge in [0.15, 0.2) is 0 Å². The van der Waals surface area contributed by atoms with Gasteiger partial charge in [-0.15, -0.1) is 0 Å². The van der Waals surface area contributed by atoms with Gasteiger partial charge < -0.3 is 10.2 Å². The average molecular weight is 268 g/mol. The van der Waals surface area contributed by atoms with E-state index < -0.39 is 0 Å². The summed E-state index contributed by atoms with van der Waals surface area (Å²) in [5, 5.41) is 5.91. The normalized spacial score (nSPS) is 15.8. The second kappa shape index (κ2) is 5.37. The highest BCUT2D eigenvalue weighted by Crippen LogP contribution is 2.25. The van der Waals surface area contributed by atoms with E-state index in [0.717, 1.165) is 11.3 Å². The zero-order valence-corrected chi connectivity index (χ0v) is 10.8. The molecule has 1 saturated heterocycles. The van der Waals surface area contributed by atoms with Gasteiger partial charge in [-0.05, 0) is 24.7 Å². The molecule has 1 heterocycles. The van der Waals surface area contributed by atoms with Crippen molar-refractivity contribution in [3.05, 3.63) is 28.8 Å². The van der Waals surface area contributed by atoms with Crippen molar-refractivity contribution >= 4 is 29.1 Å². The largest absolute Gasteiger partial charge is 0.353 e. The summed E-state index contributed by atoms with van der Waals surface area (Å²) in [6.45, 7) is 0.990. The zero-order valence-electron chi connectivity index (χ0n) is 10.00. The second-order valence-electron chi connectivity index (χ2n) is 4.13. The number of nitrogens with one attached hydrogen (secondary N) is 2. The van der Waals surface area contributed by atoms with Gasteiger partial charge in [-0.25, -0.2) is 0 Å². The first-order valence-electron chi connectivity index (χ1n) is 5.61. The highest BCUT2D eigenvalue weighted by atomic mass is 35.5. The lowest BCUT2D eigenvalue weighted by Gasteiger charge is -2.29. The van der Waals surface area contributed by atoms with Crippen LogP contribution in [-0.2, 0) is 16.1 Å². The Balaban J connectivity index is 2.33. The van der Waals surface area contributed by atoms with Gasteiger partial charge in [0, 0.05) is 17.3 Å². The Morgan fingerprint density at radius 2 is 2.00 bits per heavy atom. The summed E-state index contributed by atoms with van der Waals surface area (Å²) < 4.78 is 0. The first kappa shape index (κ1) is 12.9. The number of amides is 2. The van der Waals surface area contributed by atoms with Crippen LogP contribution in [0.25, 0.3) is 0 Å². The molecule has 18 heavy (non-hydrogen) atoms. The van der Waals surface area contributed by atoms with Crippen molar-refractivity contribution in [2.24, 2.45) is 0 Å². The van der Waals surface area contributed by atoms with E-state index in [4.69, 9.17) is 11.6 Å². The van der Waals surface area contributed by atoms with E-state index in [1.54, 1.807) is 17.0 Å². The molecule has 5 nitrogen and oxygen atoms in total. The molecule has 0 bridgehead atoms. The van der Waals surface area contributed by atoms with Gasteiger partial charge in [0.05, 0.1) is 13.1 Å². The fourth-order valence-corrected chi connectivity index (χ4v) is 2.15. The van der Waals surface area contributed by atoms with E-state index in [0.29, 0.717) is 11.6 Å². The smallest absolute Gasteiger partial charge is 0.246 e. The van der Waals surface area contributed by atoms with E-state index in [1.807, 2.05) is 13.1 Å². The van der Waals surface area contributed by atoms with Crippen molar-refractivity contribution in [3.63, 3.8) is 0 Å². The quantitative estimate of drug-likeness (QED) is 0.784. The molecule has 2 N–H and O–H groups in total. The zero-order chi connectivity index (χ0) is 13.1. The van der Waals surface area contributed by atoms with Gasteiger partial charge in [0.1, 0.15) is 0 Å². The summed E-state index contributed by atoms with van der Waals surface area (Å²) in [4.78, 5) is 24.5. The maximum Gasteiger partial charge on any atom is 0.246 e. The number of carbonyl (C=O) groups is 2. The van der Waals surface area contributed by atoms with Crippen LogP contribution in [0.15, 0.2) is 18.2 Å². The Morgan fingerprint density at radius 3 is 2.61 bits per heavy atom. The van der Waals surface area contributed by atoms with Crippen molar-refractivity contribution in [2.45, 2.75) is 6.54 Å². The van der Waals surface area contributed by atoms with Crippen LogP contribution in [0.5, 0.6) is 0 Å². The van der Waals surface area contributed by atoms with Crippen LogP contribution in [-0.4, -0.2) is 32.0 Å². The molecule has 2 rings (SSSR count). The number of halogens is 1. The van der Waals surface area contributed by atoms with Gasteiger partial charge in [0.2, 0.25) is 11.8 Å². The highest BCUT2D eigenvalue weighted by molar-refractivity contribution is 6.30. The molecule has 1 aliphatic heterocycles. The Bertz CT molecular complexity index is 474. The fourth-order valence-electron chi connectivity index (χ4n) is 1.98. The molecule has 0 aliphatic carbocycles. The second-order valence-corrected chi connectivity index (χ2v) is 4.57. The van der Waals surface area contributed by atoms with Gasteiger partial charge >= 0.3 is 0 Å². The topological polar surface area (TPSA) is 61.4 Å². The first-order chi connectivity index (χ1) is 8.60. The molecule has 1 aromatic rings. The van der Waals surface area contributed by atoms with E-state index in [2.05, 4.69) is 10.6 Å². The lowest BCUT2D eigenvalue weighted by atomic mass is 10.1. The molecule has 1 aliphatic rings. The summed E-state index contributed by atoms with van der Waals surface area (Å²) in [5.74, 6) is -0.580. The number of imide groups is 1.